The first-order chi connectivity index (χ1) is 20.1. The first-order valence-electron chi connectivity index (χ1n) is 12.5. The smallest absolute Gasteiger partial charge is 0.477 e. The second-order valence-electron chi connectivity index (χ2n) is 9.90. The predicted octanol–water partition coefficient (Wildman–Crippen LogP) is -2.66. The third kappa shape index (κ3) is 7.73. The van der Waals surface area contributed by atoms with Gasteiger partial charge in [0, 0.05) is 35.8 Å². The quantitative estimate of drug-likeness (QED) is 0.0473. The Morgan fingerprint density at radius 2 is 2.07 bits per heavy atom. The van der Waals surface area contributed by atoms with Gasteiger partial charge in [0.05, 0.1) is 25.4 Å². The number of phosphoric acid groups is 1. The van der Waals surface area contributed by atoms with Crippen molar-refractivity contribution >= 4 is 25.4 Å². The molecule has 11 unspecified atom stereocenters. The summed E-state index contributed by atoms with van der Waals surface area (Å²) < 4.78 is 34.5. The summed E-state index contributed by atoms with van der Waals surface area (Å²) >= 11 is 0. The molecule has 0 amide bonds. The normalized spacial score (nSPS) is 33.6. The Bertz CT molecular complexity index is 1340. The van der Waals surface area contributed by atoms with Crippen LogP contribution in [-0.2, 0) is 32.7 Å². The molecule has 0 spiro atoms. The lowest BCUT2D eigenvalue weighted by atomic mass is 9.80. The number of aromatic nitrogens is 2. The SMILES string of the molecule is CC1C(O)C(OP(=O)(O)OC2(C(=O)O)CC(O)C(CC(=O)CN=[N+]=[N-])C(C(O)C(O)CO)O2)OC1n1ccc(N)nc1=O. The summed E-state index contributed by atoms with van der Waals surface area (Å²) in [5.74, 6) is -8.72. The zero-order valence-electron chi connectivity index (χ0n) is 22.3. The van der Waals surface area contributed by atoms with Gasteiger partial charge in [-0.1, -0.05) is 12.0 Å². The Morgan fingerprint density at radius 1 is 1.40 bits per heavy atom. The minimum atomic E-state index is -5.65. The first kappa shape index (κ1) is 34.5. The van der Waals surface area contributed by atoms with Crippen LogP contribution in [0.4, 0.5) is 5.82 Å². The van der Waals surface area contributed by atoms with E-state index >= 15 is 0 Å². The Hall–Kier alpha value is -3.04. The van der Waals surface area contributed by atoms with E-state index in [1.807, 2.05) is 0 Å². The summed E-state index contributed by atoms with van der Waals surface area (Å²) in [5, 5.41) is 64.2. The molecular formula is C21H31N6O15P. The summed E-state index contributed by atoms with van der Waals surface area (Å²) in [6.07, 6.45) is -13.7. The lowest BCUT2D eigenvalue weighted by Gasteiger charge is -2.46. The van der Waals surface area contributed by atoms with Crippen LogP contribution in [0.15, 0.2) is 22.2 Å². The lowest BCUT2D eigenvalue weighted by Crippen LogP contribution is -2.61. The van der Waals surface area contributed by atoms with Crippen molar-refractivity contribution in [1.29, 1.82) is 0 Å². The van der Waals surface area contributed by atoms with Gasteiger partial charge < -0.3 is 50.7 Å². The maximum Gasteiger partial charge on any atom is 0.477 e. The van der Waals surface area contributed by atoms with Gasteiger partial charge in [-0.2, -0.15) is 4.98 Å². The molecule has 1 aromatic rings. The van der Waals surface area contributed by atoms with Gasteiger partial charge in [-0.25, -0.2) is 18.7 Å². The van der Waals surface area contributed by atoms with Crippen molar-refractivity contribution in [3.05, 3.63) is 33.2 Å². The van der Waals surface area contributed by atoms with Crippen LogP contribution < -0.4 is 11.4 Å². The van der Waals surface area contributed by atoms with Crippen molar-refractivity contribution in [1.82, 2.24) is 9.55 Å². The zero-order valence-corrected chi connectivity index (χ0v) is 23.2. The number of carbonyl (C=O) groups excluding carboxylic acids is 1. The van der Waals surface area contributed by atoms with E-state index in [9.17, 15) is 54.5 Å². The van der Waals surface area contributed by atoms with E-state index in [0.717, 1.165) is 4.57 Å². The van der Waals surface area contributed by atoms with Crippen LogP contribution in [0.2, 0.25) is 0 Å². The van der Waals surface area contributed by atoms with Crippen LogP contribution in [-0.4, -0.2) is 113 Å². The van der Waals surface area contributed by atoms with E-state index in [0.29, 0.717) is 0 Å². The highest BCUT2D eigenvalue weighted by Crippen LogP contribution is 2.54. The highest BCUT2D eigenvalue weighted by Gasteiger charge is 2.59. The predicted molar refractivity (Wildman–Crippen MR) is 136 cm³/mol. The molecule has 43 heavy (non-hydrogen) atoms. The fourth-order valence-electron chi connectivity index (χ4n) is 4.70. The summed E-state index contributed by atoms with van der Waals surface area (Å²) in [4.78, 5) is 53.2. The molecule has 3 heterocycles. The number of hydrogen-bond donors (Lipinski definition) is 8. The number of nitrogen functional groups attached to an aromatic ring is 1. The maximum absolute atomic E-state index is 13.1. The molecule has 2 aliphatic heterocycles. The number of nitrogens with two attached hydrogens (primary N) is 1. The summed E-state index contributed by atoms with van der Waals surface area (Å²) in [6, 6.07) is 1.25. The Balaban J connectivity index is 1.87. The second-order valence-corrected chi connectivity index (χ2v) is 11.2. The molecule has 2 fully saturated rings. The second kappa shape index (κ2) is 13.7. The number of aliphatic carboxylic acids is 1. The summed E-state index contributed by atoms with van der Waals surface area (Å²) in [5.41, 5.74) is 13.0. The van der Waals surface area contributed by atoms with E-state index in [1.54, 1.807) is 0 Å². The van der Waals surface area contributed by atoms with Crippen LogP contribution in [0, 0.1) is 11.8 Å². The summed E-state index contributed by atoms with van der Waals surface area (Å²) in [7, 11) is -5.65. The fourth-order valence-corrected chi connectivity index (χ4v) is 5.75. The van der Waals surface area contributed by atoms with Crippen LogP contribution in [0.1, 0.15) is 26.0 Å². The van der Waals surface area contributed by atoms with Gasteiger partial charge in [-0.3, -0.25) is 13.9 Å². The zero-order chi connectivity index (χ0) is 32.3. The summed E-state index contributed by atoms with van der Waals surface area (Å²) in [6.45, 7) is -0.374. The van der Waals surface area contributed by atoms with Gasteiger partial charge in [-0.05, 0) is 11.6 Å². The van der Waals surface area contributed by atoms with Crippen molar-refractivity contribution < 1.29 is 68.2 Å². The number of phosphoric ester groups is 1. The number of carbonyl (C=O) groups is 2. The number of Topliss-reactive ketones (excluding diaryl/α,β-unsaturated/α-hetero) is 1. The maximum atomic E-state index is 13.1. The average Bonchev–Trinajstić information content (AvgIpc) is 3.19. The number of nitrogens with zero attached hydrogens (tertiary/aromatic N) is 5. The number of ether oxygens (including phenoxy) is 2. The number of anilines is 1. The van der Waals surface area contributed by atoms with Crippen LogP contribution >= 0.6 is 7.82 Å². The third-order valence-corrected chi connectivity index (χ3v) is 7.90. The molecule has 11 atom stereocenters. The third-order valence-electron chi connectivity index (χ3n) is 6.90. The van der Waals surface area contributed by atoms with E-state index in [-0.39, 0.29) is 5.82 Å². The monoisotopic (exact) mass is 638 g/mol. The van der Waals surface area contributed by atoms with Gasteiger partial charge in [-0.15, -0.1) is 0 Å². The molecular weight excluding hydrogens is 607 g/mol. The Kier molecular flexibility index (Phi) is 11.0. The first-order valence-corrected chi connectivity index (χ1v) is 14.0. The van der Waals surface area contributed by atoms with Gasteiger partial charge >= 0.3 is 19.5 Å². The van der Waals surface area contributed by atoms with Gasteiger partial charge in [0.2, 0.25) is 0 Å². The van der Waals surface area contributed by atoms with Crippen molar-refractivity contribution in [2.75, 3.05) is 18.9 Å². The number of rotatable bonds is 13. The molecule has 240 valence electrons. The molecule has 2 aliphatic rings. The molecule has 0 aromatic carbocycles. The van der Waals surface area contributed by atoms with Crippen molar-refractivity contribution in [2.45, 2.75) is 68.6 Å². The molecule has 0 radical (unpaired) electrons. The van der Waals surface area contributed by atoms with E-state index < -0.39 is 112 Å². The van der Waals surface area contributed by atoms with E-state index in [1.165, 1.54) is 19.2 Å². The van der Waals surface area contributed by atoms with Crippen LogP contribution in [0.25, 0.3) is 10.4 Å². The number of azide groups is 1. The van der Waals surface area contributed by atoms with Gasteiger partial charge in [0.15, 0.2) is 6.29 Å². The van der Waals surface area contributed by atoms with Crippen LogP contribution in [0.5, 0.6) is 0 Å². The number of hydrogen-bond acceptors (Lipinski definition) is 16. The number of carboxylic acids is 1. The van der Waals surface area contributed by atoms with Crippen molar-refractivity contribution in [3.63, 3.8) is 0 Å². The minimum Gasteiger partial charge on any atom is -0.477 e. The van der Waals surface area contributed by atoms with Gasteiger partial charge in [0.25, 0.3) is 5.79 Å². The molecule has 9 N–H and O–H groups in total. The van der Waals surface area contributed by atoms with E-state index in [4.69, 9.17) is 29.8 Å². The molecule has 22 heteroatoms. The number of aliphatic hydroxyl groups is 5. The standard InChI is InChI=1S/C21H31N6O15P/c1-8-14(32)18(39-17(8)27-3-2-13(22)25-20(27)36)41-43(37,38)42-21(19(34)35)5-11(30)10(4-9(29)6-24-26-23)16(40-21)15(33)12(31)7-28/h2-3,8,10-12,14-18,28,30-33H,4-7H2,1H3,(H,34,35)(H,37,38)(H2,22,25,36). The molecule has 0 aliphatic carbocycles. The lowest BCUT2D eigenvalue weighted by molar-refractivity contribution is -0.299. The highest BCUT2D eigenvalue weighted by atomic mass is 31.2. The molecule has 21 nitrogen and oxygen atoms in total. The molecule has 2 saturated heterocycles. The Labute approximate surface area is 241 Å². The number of carboxylic acid groups (broad SMARTS) is 1. The largest absolute Gasteiger partial charge is 0.477 e. The minimum absolute atomic E-state index is 0.112. The fraction of sp³-hybridized carbons (Fsp3) is 0.714. The van der Waals surface area contributed by atoms with Crippen LogP contribution in [0.3, 0.4) is 0 Å². The van der Waals surface area contributed by atoms with Crippen molar-refractivity contribution in [3.8, 4) is 0 Å². The van der Waals surface area contributed by atoms with E-state index in [2.05, 4.69) is 15.0 Å². The number of ketones is 1. The Morgan fingerprint density at radius 3 is 2.65 bits per heavy atom. The van der Waals surface area contributed by atoms with Crippen molar-refractivity contribution in [2.24, 2.45) is 17.0 Å². The molecule has 0 bridgehead atoms. The molecule has 3 rings (SSSR count). The average molecular weight is 638 g/mol. The topological polar surface area (TPSA) is 339 Å². The van der Waals surface area contributed by atoms with Gasteiger partial charge in [0.1, 0.15) is 36.1 Å². The molecule has 0 saturated carbocycles. The number of aliphatic hydroxyl groups excluding tert-OH is 5. The highest BCUT2D eigenvalue weighted by molar-refractivity contribution is 7.47. The molecule has 1 aromatic heterocycles.